The number of nitrogens with two attached hydrogens (primary N) is 1. The normalized spacial score (nSPS) is 16.6. The third-order valence-electron chi connectivity index (χ3n) is 3.32. The Bertz CT molecular complexity index is 514. The van der Waals surface area contributed by atoms with E-state index in [-0.39, 0.29) is 11.5 Å². The monoisotopic (exact) mass is 276 g/mol. The van der Waals surface area contributed by atoms with Gasteiger partial charge in [-0.05, 0) is 52.2 Å². The van der Waals surface area contributed by atoms with Gasteiger partial charge in [0.05, 0.1) is 5.54 Å². The molecule has 1 aromatic carbocycles. The van der Waals surface area contributed by atoms with E-state index >= 15 is 0 Å². The van der Waals surface area contributed by atoms with Crippen molar-refractivity contribution in [1.82, 2.24) is 5.32 Å². The van der Waals surface area contributed by atoms with Gasteiger partial charge in [-0.3, -0.25) is 4.79 Å². The fourth-order valence-electron chi connectivity index (χ4n) is 1.95. The molecule has 0 aliphatic heterocycles. The van der Waals surface area contributed by atoms with Gasteiger partial charge in [0.15, 0.2) is 0 Å². The first-order valence-electron chi connectivity index (χ1n) is 7.05. The summed E-state index contributed by atoms with van der Waals surface area (Å²) in [4.78, 5) is 11.9. The summed E-state index contributed by atoms with van der Waals surface area (Å²) in [6, 6.07) is 6.02. The number of amides is 1. The van der Waals surface area contributed by atoms with Gasteiger partial charge in [-0.1, -0.05) is 12.1 Å². The number of rotatable bonds is 4. The highest BCUT2D eigenvalue weighted by molar-refractivity contribution is 5.88. The molecule has 1 aromatic rings. The van der Waals surface area contributed by atoms with Crippen LogP contribution in [-0.4, -0.2) is 17.0 Å². The minimum Gasteiger partial charge on any atom is -0.488 e. The molecule has 0 radical (unpaired) electrons. The van der Waals surface area contributed by atoms with Gasteiger partial charge in [-0.2, -0.15) is 0 Å². The maximum absolute atomic E-state index is 11.9. The molecule has 0 unspecified atom stereocenters. The van der Waals surface area contributed by atoms with Crippen LogP contribution in [0.4, 0.5) is 0 Å². The predicted molar refractivity (Wildman–Crippen MR) is 79.6 cm³/mol. The van der Waals surface area contributed by atoms with Crippen molar-refractivity contribution in [3.63, 3.8) is 0 Å². The van der Waals surface area contributed by atoms with Crippen LogP contribution >= 0.6 is 0 Å². The second-order valence-electron chi connectivity index (χ2n) is 6.66. The minimum atomic E-state index is -0.629. The van der Waals surface area contributed by atoms with Crippen LogP contribution < -0.4 is 15.8 Å². The summed E-state index contributed by atoms with van der Waals surface area (Å²) in [6.07, 6.45) is 1.55. The van der Waals surface area contributed by atoms with Crippen LogP contribution in [-0.2, 0) is 11.3 Å². The lowest BCUT2D eigenvalue weighted by Crippen LogP contribution is -2.42. The second-order valence-corrected chi connectivity index (χ2v) is 6.66. The third-order valence-corrected chi connectivity index (χ3v) is 3.32. The first kappa shape index (κ1) is 14.9. The summed E-state index contributed by atoms with van der Waals surface area (Å²) in [6.45, 7) is 8.50. The van der Waals surface area contributed by atoms with Crippen molar-refractivity contribution < 1.29 is 9.53 Å². The molecule has 3 N–H and O–H groups in total. The van der Waals surface area contributed by atoms with Crippen LogP contribution in [0, 0.1) is 6.92 Å². The van der Waals surface area contributed by atoms with Crippen LogP contribution in [0.3, 0.4) is 0 Å². The smallest absolute Gasteiger partial charge is 0.240 e. The quantitative estimate of drug-likeness (QED) is 0.886. The molecule has 0 heterocycles. The van der Waals surface area contributed by atoms with Gasteiger partial charge >= 0.3 is 0 Å². The fraction of sp³-hybridized carbons (Fsp3) is 0.562. The molecular weight excluding hydrogens is 252 g/mol. The zero-order chi connectivity index (χ0) is 15.0. The Hall–Kier alpha value is -1.55. The first-order valence-corrected chi connectivity index (χ1v) is 7.05. The van der Waals surface area contributed by atoms with Gasteiger partial charge in [0.25, 0.3) is 0 Å². The Labute approximate surface area is 120 Å². The molecule has 1 aliphatic rings. The van der Waals surface area contributed by atoms with Gasteiger partial charge in [0.1, 0.15) is 11.4 Å². The van der Waals surface area contributed by atoms with Crippen LogP contribution in [0.15, 0.2) is 18.2 Å². The molecular formula is C16H24N2O2. The Balaban J connectivity index is 2.08. The summed E-state index contributed by atoms with van der Waals surface area (Å²) in [5.41, 5.74) is 7.09. The molecule has 20 heavy (non-hydrogen) atoms. The number of benzene rings is 1. The molecule has 4 nitrogen and oxygen atoms in total. The summed E-state index contributed by atoms with van der Waals surface area (Å²) >= 11 is 0. The van der Waals surface area contributed by atoms with Crippen molar-refractivity contribution in [2.24, 2.45) is 5.73 Å². The molecule has 0 atom stereocenters. The number of ether oxygens (including phenoxy) is 1. The van der Waals surface area contributed by atoms with Gasteiger partial charge in [0, 0.05) is 12.1 Å². The minimum absolute atomic E-state index is 0.0696. The molecule has 2 rings (SSSR count). The van der Waals surface area contributed by atoms with E-state index in [1.807, 2.05) is 45.9 Å². The average molecular weight is 276 g/mol. The molecule has 0 aromatic heterocycles. The second kappa shape index (κ2) is 5.09. The topological polar surface area (TPSA) is 64.4 Å². The lowest BCUT2D eigenvalue weighted by atomic mass is 10.1. The third kappa shape index (κ3) is 3.73. The molecule has 1 saturated carbocycles. The maximum atomic E-state index is 11.9. The predicted octanol–water partition coefficient (Wildman–Crippen LogP) is 2.28. The number of carbonyl (C=O) groups is 1. The van der Waals surface area contributed by atoms with E-state index in [4.69, 9.17) is 10.5 Å². The highest BCUT2D eigenvalue weighted by Crippen LogP contribution is 2.32. The summed E-state index contributed by atoms with van der Waals surface area (Å²) in [5.74, 6) is 0.749. The van der Waals surface area contributed by atoms with Crippen LogP contribution in [0.25, 0.3) is 0 Å². The lowest BCUT2D eigenvalue weighted by Gasteiger charge is -2.24. The molecule has 0 saturated heterocycles. The van der Waals surface area contributed by atoms with Crippen LogP contribution in [0.2, 0.25) is 0 Å². The van der Waals surface area contributed by atoms with Crippen molar-refractivity contribution >= 4 is 5.91 Å². The number of hydrogen-bond donors (Lipinski definition) is 2. The van der Waals surface area contributed by atoms with Crippen molar-refractivity contribution in [3.8, 4) is 5.75 Å². The zero-order valence-corrected chi connectivity index (χ0v) is 12.7. The Morgan fingerprint density at radius 2 is 2.05 bits per heavy atom. The molecule has 0 bridgehead atoms. The van der Waals surface area contributed by atoms with E-state index < -0.39 is 5.54 Å². The van der Waals surface area contributed by atoms with E-state index in [0.29, 0.717) is 6.54 Å². The van der Waals surface area contributed by atoms with Gasteiger partial charge in [0.2, 0.25) is 5.91 Å². The lowest BCUT2D eigenvalue weighted by molar-refractivity contribution is -0.123. The molecule has 0 spiro atoms. The Morgan fingerprint density at radius 1 is 1.40 bits per heavy atom. The number of hydrogen-bond acceptors (Lipinski definition) is 3. The maximum Gasteiger partial charge on any atom is 0.240 e. The molecule has 1 aliphatic carbocycles. The number of nitrogens with one attached hydrogen (secondary N) is 1. The van der Waals surface area contributed by atoms with Crippen molar-refractivity contribution in [2.75, 3.05) is 0 Å². The van der Waals surface area contributed by atoms with Crippen LogP contribution in [0.5, 0.6) is 5.75 Å². The van der Waals surface area contributed by atoms with E-state index in [1.54, 1.807) is 0 Å². The standard InChI is InChI=1S/C16H24N2O2/c1-11-5-6-12(13(9-11)20-15(2,3)4)10-18-14(19)16(17)7-8-16/h5-6,9H,7-8,10,17H2,1-4H3,(H,18,19). The number of aryl methyl sites for hydroxylation is 1. The van der Waals surface area contributed by atoms with Gasteiger partial charge in [-0.15, -0.1) is 0 Å². The SMILES string of the molecule is Cc1ccc(CNC(=O)C2(N)CC2)c(OC(C)(C)C)c1. The summed E-state index contributed by atoms with van der Waals surface area (Å²) in [7, 11) is 0. The largest absolute Gasteiger partial charge is 0.488 e. The van der Waals surface area contributed by atoms with Crippen molar-refractivity contribution in [1.29, 1.82) is 0 Å². The van der Waals surface area contributed by atoms with Crippen molar-refractivity contribution in [2.45, 2.75) is 58.2 Å². The Kier molecular flexibility index (Phi) is 3.78. The van der Waals surface area contributed by atoms with Gasteiger partial charge in [-0.25, -0.2) is 0 Å². The fourth-order valence-corrected chi connectivity index (χ4v) is 1.95. The summed E-state index contributed by atoms with van der Waals surface area (Å²) < 4.78 is 5.96. The average Bonchev–Trinajstić information content (AvgIpc) is 3.05. The highest BCUT2D eigenvalue weighted by Gasteiger charge is 2.45. The van der Waals surface area contributed by atoms with Crippen molar-refractivity contribution in [3.05, 3.63) is 29.3 Å². The molecule has 110 valence electrons. The Morgan fingerprint density at radius 3 is 2.60 bits per heavy atom. The van der Waals surface area contributed by atoms with E-state index in [1.165, 1.54) is 0 Å². The molecule has 1 fully saturated rings. The summed E-state index contributed by atoms with van der Waals surface area (Å²) in [5, 5.41) is 2.90. The van der Waals surface area contributed by atoms with Gasteiger partial charge < -0.3 is 15.8 Å². The molecule has 4 heteroatoms. The van der Waals surface area contributed by atoms with E-state index in [9.17, 15) is 4.79 Å². The van der Waals surface area contributed by atoms with E-state index in [2.05, 4.69) is 5.32 Å². The first-order chi connectivity index (χ1) is 9.20. The molecule has 1 amide bonds. The highest BCUT2D eigenvalue weighted by atomic mass is 16.5. The zero-order valence-electron chi connectivity index (χ0n) is 12.7. The van der Waals surface area contributed by atoms with Crippen LogP contribution in [0.1, 0.15) is 44.7 Å². The van der Waals surface area contributed by atoms with E-state index in [0.717, 1.165) is 29.7 Å². The number of carbonyl (C=O) groups excluding carboxylic acids is 1.